The second kappa shape index (κ2) is 4.94. The zero-order chi connectivity index (χ0) is 9.73. The van der Waals surface area contributed by atoms with Gasteiger partial charge in [0.25, 0.3) is 0 Å². The van der Waals surface area contributed by atoms with Gasteiger partial charge in [0.1, 0.15) is 0 Å². The first-order valence-electron chi connectivity index (χ1n) is 5.15. The summed E-state index contributed by atoms with van der Waals surface area (Å²) in [5.74, 6) is 5.66. The highest BCUT2D eigenvalue weighted by Crippen LogP contribution is 2.38. The minimum atomic E-state index is -0.130. The molecule has 0 amide bonds. The first-order chi connectivity index (χ1) is 6.23. The Morgan fingerprint density at radius 3 is 2.46 bits per heavy atom. The maximum absolute atomic E-state index is 9.33. The summed E-state index contributed by atoms with van der Waals surface area (Å²) < 4.78 is 0. The highest BCUT2D eigenvalue weighted by molar-refractivity contribution is 4.83. The van der Waals surface area contributed by atoms with Crippen molar-refractivity contribution >= 4 is 0 Å². The van der Waals surface area contributed by atoms with E-state index in [0.29, 0.717) is 12.5 Å². The van der Waals surface area contributed by atoms with E-state index in [1.165, 1.54) is 32.1 Å². The first-order valence-corrected chi connectivity index (χ1v) is 5.15. The highest BCUT2D eigenvalue weighted by Gasteiger charge is 2.34. The molecule has 1 atom stereocenters. The molecule has 0 bridgehead atoms. The molecule has 1 aliphatic carbocycles. The van der Waals surface area contributed by atoms with Gasteiger partial charge in [0.05, 0.1) is 13.2 Å². The van der Waals surface area contributed by atoms with E-state index in [-0.39, 0.29) is 12.0 Å². The van der Waals surface area contributed by atoms with Gasteiger partial charge in [-0.2, -0.15) is 0 Å². The Bertz CT molecular complexity index is 146. The summed E-state index contributed by atoms with van der Waals surface area (Å²) in [5, 5.41) is 9.33. The molecule has 1 saturated carbocycles. The van der Waals surface area contributed by atoms with Crippen LogP contribution in [0, 0.1) is 11.3 Å². The number of hydrogen-bond acceptors (Lipinski definition) is 3. The van der Waals surface area contributed by atoms with Crippen molar-refractivity contribution in [2.45, 2.75) is 39.0 Å². The van der Waals surface area contributed by atoms with Crippen LogP contribution in [-0.2, 0) is 4.84 Å². The molecule has 3 nitrogen and oxygen atoms in total. The number of nitrogens with two attached hydrogens (primary N) is 1. The smallest absolute Gasteiger partial charge is 0.0757 e. The second-order valence-corrected chi connectivity index (χ2v) is 4.46. The molecule has 1 fully saturated rings. The van der Waals surface area contributed by atoms with Crippen molar-refractivity contribution in [2.24, 2.45) is 17.2 Å². The Labute approximate surface area is 80.2 Å². The van der Waals surface area contributed by atoms with Crippen LogP contribution in [-0.4, -0.2) is 18.3 Å². The summed E-state index contributed by atoms with van der Waals surface area (Å²) in [5.41, 5.74) is -0.130. The van der Waals surface area contributed by atoms with Gasteiger partial charge in [0, 0.05) is 5.41 Å². The lowest BCUT2D eigenvalue weighted by molar-refractivity contribution is -0.0308. The van der Waals surface area contributed by atoms with Crippen LogP contribution in [0.25, 0.3) is 0 Å². The van der Waals surface area contributed by atoms with Crippen LogP contribution in [0.3, 0.4) is 0 Å². The number of rotatable bonds is 4. The largest absolute Gasteiger partial charge is 0.396 e. The fourth-order valence-electron chi connectivity index (χ4n) is 2.28. The molecule has 0 radical (unpaired) electrons. The molecule has 0 spiro atoms. The van der Waals surface area contributed by atoms with E-state index in [1.807, 2.05) is 0 Å². The van der Waals surface area contributed by atoms with Gasteiger partial charge in [-0.25, -0.2) is 5.90 Å². The zero-order valence-electron chi connectivity index (χ0n) is 8.46. The van der Waals surface area contributed by atoms with Gasteiger partial charge in [0.15, 0.2) is 0 Å². The molecular weight excluding hydrogens is 166 g/mol. The minimum Gasteiger partial charge on any atom is -0.396 e. The van der Waals surface area contributed by atoms with Crippen LogP contribution in [0.4, 0.5) is 0 Å². The second-order valence-electron chi connectivity index (χ2n) is 4.46. The summed E-state index contributed by atoms with van der Waals surface area (Å²) in [7, 11) is 0. The summed E-state index contributed by atoms with van der Waals surface area (Å²) in [6, 6.07) is 0. The summed E-state index contributed by atoms with van der Waals surface area (Å²) in [6.45, 7) is 2.71. The molecule has 0 saturated heterocycles. The van der Waals surface area contributed by atoms with Gasteiger partial charge < -0.3 is 9.94 Å². The maximum atomic E-state index is 9.33. The van der Waals surface area contributed by atoms with Crippen LogP contribution >= 0.6 is 0 Å². The third kappa shape index (κ3) is 2.66. The van der Waals surface area contributed by atoms with E-state index in [2.05, 4.69) is 6.92 Å². The number of aliphatic hydroxyl groups is 1. The van der Waals surface area contributed by atoms with E-state index in [0.717, 1.165) is 0 Å². The number of hydrogen-bond donors (Lipinski definition) is 2. The van der Waals surface area contributed by atoms with Crippen molar-refractivity contribution in [3.63, 3.8) is 0 Å². The molecule has 1 rings (SSSR count). The molecule has 1 unspecified atom stereocenters. The van der Waals surface area contributed by atoms with Crippen molar-refractivity contribution in [1.29, 1.82) is 0 Å². The predicted molar refractivity (Wildman–Crippen MR) is 51.9 cm³/mol. The molecule has 13 heavy (non-hydrogen) atoms. The lowest BCUT2D eigenvalue weighted by atomic mass is 9.71. The fourth-order valence-corrected chi connectivity index (χ4v) is 2.28. The van der Waals surface area contributed by atoms with Crippen molar-refractivity contribution in [3.05, 3.63) is 0 Å². The van der Waals surface area contributed by atoms with Crippen molar-refractivity contribution < 1.29 is 9.94 Å². The average molecular weight is 187 g/mol. The minimum absolute atomic E-state index is 0.130. The Kier molecular flexibility index (Phi) is 4.16. The SMILES string of the molecule is CC(CO)(CON)C1CCCCC1. The molecule has 3 heteroatoms. The lowest BCUT2D eigenvalue weighted by Gasteiger charge is -2.37. The molecular formula is C10H21NO2. The molecule has 0 aromatic carbocycles. The molecule has 0 aliphatic heterocycles. The third-order valence-electron chi connectivity index (χ3n) is 3.37. The van der Waals surface area contributed by atoms with Crippen LogP contribution in [0.15, 0.2) is 0 Å². The van der Waals surface area contributed by atoms with Crippen LogP contribution in [0.5, 0.6) is 0 Å². The van der Waals surface area contributed by atoms with Gasteiger partial charge in [0.2, 0.25) is 0 Å². The first kappa shape index (κ1) is 11.0. The Hall–Kier alpha value is -0.120. The standard InChI is InChI=1S/C10H21NO2/c1-10(7-12,8-13-11)9-5-3-2-4-6-9/h9,12H,2-8,11H2,1H3. The van der Waals surface area contributed by atoms with Crippen LogP contribution < -0.4 is 5.90 Å². The van der Waals surface area contributed by atoms with Gasteiger partial charge in [-0.05, 0) is 18.8 Å². The average Bonchev–Trinajstić information content (AvgIpc) is 2.19. The van der Waals surface area contributed by atoms with E-state index in [9.17, 15) is 5.11 Å². The van der Waals surface area contributed by atoms with Crippen molar-refractivity contribution in [3.8, 4) is 0 Å². The number of aliphatic hydroxyl groups excluding tert-OH is 1. The maximum Gasteiger partial charge on any atom is 0.0757 e. The van der Waals surface area contributed by atoms with E-state index in [1.54, 1.807) is 0 Å². The van der Waals surface area contributed by atoms with Crippen LogP contribution in [0.2, 0.25) is 0 Å². The monoisotopic (exact) mass is 187 g/mol. The lowest BCUT2D eigenvalue weighted by Crippen LogP contribution is -2.38. The Balaban J connectivity index is 2.51. The van der Waals surface area contributed by atoms with Crippen molar-refractivity contribution in [1.82, 2.24) is 0 Å². The summed E-state index contributed by atoms with van der Waals surface area (Å²) in [4.78, 5) is 4.69. The Morgan fingerprint density at radius 2 is 2.00 bits per heavy atom. The molecule has 0 aromatic heterocycles. The van der Waals surface area contributed by atoms with E-state index in [4.69, 9.17) is 10.7 Å². The summed E-state index contributed by atoms with van der Waals surface area (Å²) >= 11 is 0. The molecule has 3 N–H and O–H groups in total. The molecule has 78 valence electrons. The fraction of sp³-hybridized carbons (Fsp3) is 1.00. The Morgan fingerprint density at radius 1 is 1.38 bits per heavy atom. The van der Waals surface area contributed by atoms with E-state index >= 15 is 0 Å². The van der Waals surface area contributed by atoms with Gasteiger partial charge in [-0.3, -0.25) is 0 Å². The van der Waals surface area contributed by atoms with Gasteiger partial charge >= 0.3 is 0 Å². The molecule has 0 heterocycles. The van der Waals surface area contributed by atoms with E-state index < -0.39 is 0 Å². The predicted octanol–water partition coefficient (Wildman–Crippen LogP) is 1.46. The summed E-state index contributed by atoms with van der Waals surface area (Å²) in [6.07, 6.45) is 6.32. The normalized spacial score (nSPS) is 24.2. The zero-order valence-corrected chi connectivity index (χ0v) is 8.46. The third-order valence-corrected chi connectivity index (χ3v) is 3.37. The van der Waals surface area contributed by atoms with Gasteiger partial charge in [-0.15, -0.1) is 0 Å². The molecule has 0 aromatic rings. The van der Waals surface area contributed by atoms with Gasteiger partial charge in [-0.1, -0.05) is 26.2 Å². The quantitative estimate of drug-likeness (QED) is 0.655. The topological polar surface area (TPSA) is 55.5 Å². The molecule has 1 aliphatic rings. The van der Waals surface area contributed by atoms with Crippen LogP contribution in [0.1, 0.15) is 39.0 Å². The van der Waals surface area contributed by atoms with Crippen molar-refractivity contribution in [2.75, 3.05) is 13.2 Å². The highest BCUT2D eigenvalue weighted by atomic mass is 16.6.